The van der Waals surface area contributed by atoms with E-state index in [1.54, 1.807) is 24.1 Å². The van der Waals surface area contributed by atoms with Crippen molar-refractivity contribution in [3.05, 3.63) is 29.6 Å². The van der Waals surface area contributed by atoms with Gasteiger partial charge in [-0.2, -0.15) is 5.10 Å². The fourth-order valence-corrected chi connectivity index (χ4v) is 2.49. The lowest BCUT2D eigenvalue weighted by Crippen LogP contribution is -2.11. The maximum absolute atomic E-state index is 12.3. The van der Waals surface area contributed by atoms with Gasteiger partial charge in [-0.05, 0) is 44.2 Å². The smallest absolute Gasteiger partial charge is 0.203 e. The van der Waals surface area contributed by atoms with E-state index in [0.717, 1.165) is 25.8 Å². The highest BCUT2D eigenvalue weighted by Crippen LogP contribution is 2.23. The van der Waals surface area contributed by atoms with Crippen LogP contribution in [0.3, 0.4) is 0 Å². The predicted octanol–water partition coefficient (Wildman–Crippen LogP) is 2.99. The summed E-state index contributed by atoms with van der Waals surface area (Å²) in [7, 11) is 1.68. The van der Waals surface area contributed by atoms with Crippen molar-refractivity contribution in [1.29, 1.82) is 0 Å². The summed E-state index contributed by atoms with van der Waals surface area (Å²) in [5, 5.41) is 4.21. The number of ether oxygens (including phenoxy) is 1. The highest BCUT2D eigenvalue weighted by Gasteiger charge is 2.12. The first-order valence-corrected chi connectivity index (χ1v) is 7.06. The van der Waals surface area contributed by atoms with Crippen LogP contribution in [0.2, 0.25) is 0 Å². The standard InChI is InChI=1S/C15H22N2O2/c1-19-11-5-10-17-14(8-9-16-17)15(18)12-13-6-3-2-4-7-13/h8-9,12H,2-7,10-11H2,1H3. The summed E-state index contributed by atoms with van der Waals surface area (Å²) in [5.41, 5.74) is 1.98. The van der Waals surface area contributed by atoms with E-state index in [-0.39, 0.29) is 5.78 Å². The third kappa shape index (κ3) is 4.03. The Balaban J connectivity index is 2.00. The van der Waals surface area contributed by atoms with Crippen LogP contribution >= 0.6 is 0 Å². The second kappa shape index (κ2) is 7.24. The number of nitrogens with zero attached hydrogens (tertiary/aromatic N) is 2. The van der Waals surface area contributed by atoms with Gasteiger partial charge in [0.05, 0.1) is 0 Å². The molecule has 1 heterocycles. The number of hydrogen-bond donors (Lipinski definition) is 0. The van der Waals surface area contributed by atoms with Crippen LogP contribution in [0.1, 0.15) is 49.0 Å². The van der Waals surface area contributed by atoms with E-state index in [0.29, 0.717) is 12.3 Å². The molecule has 1 saturated carbocycles. The number of rotatable bonds is 6. The minimum absolute atomic E-state index is 0.0896. The molecule has 4 nitrogen and oxygen atoms in total. The molecule has 1 aromatic heterocycles. The Kier molecular flexibility index (Phi) is 5.33. The zero-order valence-electron chi connectivity index (χ0n) is 11.6. The zero-order chi connectivity index (χ0) is 13.5. The van der Waals surface area contributed by atoms with Crippen molar-refractivity contribution in [2.45, 2.75) is 45.1 Å². The van der Waals surface area contributed by atoms with Crippen LogP contribution < -0.4 is 0 Å². The molecule has 1 aliphatic rings. The molecular formula is C15H22N2O2. The van der Waals surface area contributed by atoms with Crippen molar-refractivity contribution in [2.24, 2.45) is 0 Å². The molecule has 0 unspecified atom stereocenters. The molecule has 19 heavy (non-hydrogen) atoms. The Morgan fingerprint density at radius 2 is 2.21 bits per heavy atom. The third-order valence-corrected chi connectivity index (χ3v) is 3.52. The maximum atomic E-state index is 12.3. The van der Waals surface area contributed by atoms with Crippen molar-refractivity contribution < 1.29 is 9.53 Å². The SMILES string of the molecule is COCCCn1nccc1C(=O)C=C1CCCCC1. The molecule has 1 aliphatic carbocycles. The van der Waals surface area contributed by atoms with Gasteiger partial charge in [0.25, 0.3) is 0 Å². The summed E-state index contributed by atoms with van der Waals surface area (Å²) < 4.78 is 6.80. The predicted molar refractivity (Wildman–Crippen MR) is 74.2 cm³/mol. The Morgan fingerprint density at radius 1 is 1.42 bits per heavy atom. The maximum Gasteiger partial charge on any atom is 0.203 e. The Labute approximate surface area is 114 Å². The molecule has 0 atom stereocenters. The molecule has 1 fully saturated rings. The molecule has 0 amide bonds. The van der Waals surface area contributed by atoms with E-state index >= 15 is 0 Å². The average Bonchev–Trinajstić information content (AvgIpc) is 2.89. The summed E-state index contributed by atoms with van der Waals surface area (Å²) in [6, 6.07) is 1.80. The number of hydrogen-bond acceptors (Lipinski definition) is 3. The fourth-order valence-electron chi connectivity index (χ4n) is 2.49. The van der Waals surface area contributed by atoms with Gasteiger partial charge in [0, 0.05) is 26.5 Å². The van der Waals surface area contributed by atoms with E-state index in [4.69, 9.17) is 4.74 Å². The Morgan fingerprint density at radius 3 is 2.95 bits per heavy atom. The summed E-state index contributed by atoms with van der Waals surface area (Å²) >= 11 is 0. The third-order valence-electron chi connectivity index (χ3n) is 3.52. The van der Waals surface area contributed by atoms with Gasteiger partial charge in [0.2, 0.25) is 5.78 Å². The molecule has 0 spiro atoms. The fraction of sp³-hybridized carbons (Fsp3) is 0.600. The zero-order valence-corrected chi connectivity index (χ0v) is 11.6. The van der Waals surface area contributed by atoms with Gasteiger partial charge < -0.3 is 4.74 Å². The lowest BCUT2D eigenvalue weighted by Gasteiger charge is -2.13. The molecule has 0 N–H and O–H groups in total. The molecule has 0 aliphatic heterocycles. The number of methoxy groups -OCH3 is 1. The van der Waals surface area contributed by atoms with Gasteiger partial charge in [-0.3, -0.25) is 9.48 Å². The number of aromatic nitrogens is 2. The first-order valence-electron chi connectivity index (χ1n) is 7.06. The lowest BCUT2D eigenvalue weighted by atomic mass is 9.94. The van der Waals surface area contributed by atoms with Crippen molar-refractivity contribution >= 4 is 5.78 Å². The minimum atomic E-state index is 0.0896. The number of allylic oxidation sites excluding steroid dienone is 2. The first-order chi connectivity index (χ1) is 9.31. The molecule has 0 aromatic carbocycles. The van der Waals surface area contributed by atoms with Gasteiger partial charge in [0.15, 0.2) is 0 Å². The van der Waals surface area contributed by atoms with Gasteiger partial charge in [-0.25, -0.2) is 0 Å². The number of carbonyl (C=O) groups excluding carboxylic acids is 1. The van der Waals surface area contributed by atoms with E-state index < -0.39 is 0 Å². The van der Waals surface area contributed by atoms with Crippen molar-refractivity contribution in [1.82, 2.24) is 9.78 Å². The van der Waals surface area contributed by atoms with Crippen LogP contribution in [0.15, 0.2) is 23.9 Å². The second-order valence-corrected chi connectivity index (χ2v) is 5.01. The number of carbonyl (C=O) groups is 1. The summed E-state index contributed by atoms with van der Waals surface area (Å²) in [6.45, 7) is 1.42. The normalized spacial score (nSPS) is 15.5. The molecule has 104 valence electrons. The molecule has 2 rings (SSSR count). The summed E-state index contributed by atoms with van der Waals surface area (Å²) in [5.74, 6) is 0.0896. The monoisotopic (exact) mass is 262 g/mol. The van der Waals surface area contributed by atoms with Gasteiger partial charge in [0.1, 0.15) is 5.69 Å². The highest BCUT2D eigenvalue weighted by molar-refractivity contribution is 6.03. The van der Waals surface area contributed by atoms with E-state index in [9.17, 15) is 4.79 Å². The topological polar surface area (TPSA) is 44.1 Å². The largest absolute Gasteiger partial charge is 0.385 e. The van der Waals surface area contributed by atoms with E-state index in [1.165, 1.54) is 24.8 Å². The Hall–Kier alpha value is -1.42. The summed E-state index contributed by atoms with van der Waals surface area (Å²) in [4.78, 5) is 12.3. The van der Waals surface area contributed by atoms with Crippen LogP contribution in [-0.4, -0.2) is 29.3 Å². The molecule has 0 radical (unpaired) electrons. The molecule has 0 saturated heterocycles. The van der Waals surface area contributed by atoms with Crippen molar-refractivity contribution in [2.75, 3.05) is 13.7 Å². The van der Waals surface area contributed by atoms with Crippen LogP contribution in [-0.2, 0) is 11.3 Å². The molecular weight excluding hydrogens is 240 g/mol. The van der Waals surface area contributed by atoms with Crippen molar-refractivity contribution in [3.63, 3.8) is 0 Å². The van der Waals surface area contributed by atoms with Gasteiger partial charge >= 0.3 is 0 Å². The Bertz CT molecular complexity index is 441. The minimum Gasteiger partial charge on any atom is -0.385 e. The summed E-state index contributed by atoms with van der Waals surface area (Å²) in [6.07, 6.45) is 10.3. The van der Waals surface area contributed by atoms with Crippen molar-refractivity contribution in [3.8, 4) is 0 Å². The highest BCUT2D eigenvalue weighted by atomic mass is 16.5. The molecule has 1 aromatic rings. The molecule has 4 heteroatoms. The molecule has 0 bridgehead atoms. The number of aryl methyl sites for hydroxylation is 1. The van der Waals surface area contributed by atoms with E-state index in [1.807, 2.05) is 6.08 Å². The number of ketones is 1. The average molecular weight is 262 g/mol. The van der Waals surface area contributed by atoms with Gasteiger partial charge in [-0.15, -0.1) is 0 Å². The first kappa shape index (κ1) is 14.0. The van der Waals surface area contributed by atoms with Crippen LogP contribution in [0.5, 0.6) is 0 Å². The second-order valence-electron chi connectivity index (χ2n) is 5.01. The quantitative estimate of drug-likeness (QED) is 0.450. The van der Waals surface area contributed by atoms with Crippen LogP contribution in [0, 0.1) is 0 Å². The lowest BCUT2D eigenvalue weighted by molar-refractivity contribution is 0.103. The van der Waals surface area contributed by atoms with Crippen LogP contribution in [0.25, 0.3) is 0 Å². The van der Waals surface area contributed by atoms with Gasteiger partial charge in [-0.1, -0.05) is 12.0 Å². The van der Waals surface area contributed by atoms with E-state index in [2.05, 4.69) is 5.10 Å². The van der Waals surface area contributed by atoms with Crippen LogP contribution in [0.4, 0.5) is 0 Å².